The van der Waals surface area contributed by atoms with E-state index in [-0.39, 0.29) is 0 Å². The van der Waals surface area contributed by atoms with E-state index in [1.165, 1.54) is 4.90 Å². The van der Waals surface area contributed by atoms with Crippen molar-refractivity contribution in [2.24, 2.45) is 10.7 Å². The second-order valence-corrected chi connectivity index (χ2v) is 4.28. The zero-order chi connectivity index (χ0) is 9.80. The van der Waals surface area contributed by atoms with Crippen molar-refractivity contribution in [1.29, 1.82) is 0 Å². The number of nitrogens with one attached hydrogen (secondary N) is 1. The van der Waals surface area contributed by atoms with Crippen molar-refractivity contribution >= 4 is 17.7 Å². The van der Waals surface area contributed by atoms with Gasteiger partial charge in [0.25, 0.3) is 0 Å². The third kappa shape index (κ3) is 2.42. The monoisotopic (exact) mass is 207 g/mol. The molecule has 0 spiro atoms. The van der Waals surface area contributed by atoms with Gasteiger partial charge in [0.1, 0.15) is 0 Å². The van der Waals surface area contributed by atoms with E-state index in [1.807, 2.05) is 17.8 Å². The van der Waals surface area contributed by atoms with Crippen molar-refractivity contribution in [2.75, 3.05) is 12.3 Å². The first-order valence-electron chi connectivity index (χ1n) is 4.59. The van der Waals surface area contributed by atoms with Crippen molar-refractivity contribution in [3.05, 3.63) is 30.3 Å². The summed E-state index contributed by atoms with van der Waals surface area (Å²) in [4.78, 5) is 5.39. The van der Waals surface area contributed by atoms with Crippen LogP contribution in [0.25, 0.3) is 0 Å². The van der Waals surface area contributed by atoms with Crippen LogP contribution in [0, 0.1) is 0 Å². The Bertz CT molecular complexity index is 323. The number of hydrogen-bond donors (Lipinski definition) is 2. The summed E-state index contributed by atoms with van der Waals surface area (Å²) >= 11 is 1.83. The first kappa shape index (κ1) is 9.40. The highest BCUT2D eigenvalue weighted by molar-refractivity contribution is 7.99. The van der Waals surface area contributed by atoms with Crippen LogP contribution in [0.4, 0.5) is 0 Å². The maximum atomic E-state index is 5.52. The molecule has 0 aliphatic carbocycles. The maximum absolute atomic E-state index is 5.52. The predicted octanol–water partition coefficient (Wildman–Crippen LogP) is 1.07. The van der Waals surface area contributed by atoms with Gasteiger partial charge in [0.2, 0.25) is 0 Å². The largest absolute Gasteiger partial charge is 0.370 e. The van der Waals surface area contributed by atoms with E-state index >= 15 is 0 Å². The van der Waals surface area contributed by atoms with E-state index in [4.69, 9.17) is 5.73 Å². The molecule has 4 heteroatoms. The van der Waals surface area contributed by atoms with Crippen molar-refractivity contribution < 1.29 is 0 Å². The number of guanidine groups is 1. The molecule has 1 aromatic rings. The number of thioether (sulfide) groups is 1. The summed E-state index contributed by atoms with van der Waals surface area (Å²) in [5.41, 5.74) is 5.52. The smallest absolute Gasteiger partial charge is 0.188 e. The van der Waals surface area contributed by atoms with Crippen LogP contribution in [0.1, 0.15) is 0 Å². The fraction of sp³-hybridized carbons (Fsp3) is 0.300. The Kier molecular flexibility index (Phi) is 2.93. The summed E-state index contributed by atoms with van der Waals surface area (Å²) < 4.78 is 0. The molecule has 1 unspecified atom stereocenters. The van der Waals surface area contributed by atoms with Gasteiger partial charge in [-0.15, -0.1) is 11.8 Å². The quantitative estimate of drug-likeness (QED) is 0.729. The fourth-order valence-corrected chi connectivity index (χ4v) is 2.25. The lowest BCUT2D eigenvalue weighted by Crippen LogP contribution is -2.36. The lowest BCUT2D eigenvalue weighted by atomic mass is 10.4. The van der Waals surface area contributed by atoms with Crippen molar-refractivity contribution in [3.8, 4) is 0 Å². The topological polar surface area (TPSA) is 50.4 Å². The van der Waals surface area contributed by atoms with Crippen LogP contribution in [-0.2, 0) is 0 Å². The van der Waals surface area contributed by atoms with Crippen molar-refractivity contribution in [3.63, 3.8) is 0 Å². The number of nitrogens with two attached hydrogens (primary N) is 1. The van der Waals surface area contributed by atoms with Gasteiger partial charge < -0.3 is 11.1 Å². The van der Waals surface area contributed by atoms with Crippen molar-refractivity contribution in [2.45, 2.75) is 10.9 Å². The van der Waals surface area contributed by atoms with Gasteiger partial charge in [-0.25, -0.2) is 0 Å². The average molecular weight is 207 g/mol. The standard InChI is InChI=1S/C10H13N3S/c11-10-12-6-8(13-10)7-14-9-4-2-1-3-5-9/h1-5,8H,6-7H2,(H3,11,12,13). The van der Waals surface area contributed by atoms with Gasteiger partial charge in [0, 0.05) is 10.6 Å². The minimum atomic E-state index is 0.389. The molecule has 1 heterocycles. The first-order chi connectivity index (χ1) is 6.84. The Morgan fingerprint density at radius 1 is 1.43 bits per heavy atom. The highest BCUT2D eigenvalue weighted by atomic mass is 32.2. The average Bonchev–Trinajstić information content (AvgIpc) is 2.63. The van der Waals surface area contributed by atoms with Gasteiger partial charge in [-0.2, -0.15) is 0 Å². The molecular weight excluding hydrogens is 194 g/mol. The van der Waals surface area contributed by atoms with E-state index in [9.17, 15) is 0 Å². The summed E-state index contributed by atoms with van der Waals surface area (Å²) in [5.74, 6) is 1.58. The zero-order valence-corrected chi connectivity index (χ0v) is 8.63. The van der Waals surface area contributed by atoms with Gasteiger partial charge in [-0.05, 0) is 12.1 Å². The zero-order valence-electron chi connectivity index (χ0n) is 7.81. The van der Waals surface area contributed by atoms with Gasteiger partial charge in [0.05, 0.1) is 12.6 Å². The highest BCUT2D eigenvalue weighted by Crippen LogP contribution is 2.18. The van der Waals surface area contributed by atoms with Gasteiger partial charge >= 0.3 is 0 Å². The predicted molar refractivity (Wildman–Crippen MR) is 60.6 cm³/mol. The van der Waals surface area contributed by atoms with Gasteiger partial charge in [-0.3, -0.25) is 4.99 Å². The molecular formula is C10H13N3S. The lowest BCUT2D eigenvalue weighted by Gasteiger charge is -2.09. The maximum Gasteiger partial charge on any atom is 0.188 e. The number of aliphatic imine (C=N–C) groups is 1. The Morgan fingerprint density at radius 2 is 2.21 bits per heavy atom. The molecule has 2 rings (SSSR count). The molecule has 0 fully saturated rings. The fourth-order valence-electron chi connectivity index (χ4n) is 1.32. The van der Waals surface area contributed by atoms with Crippen LogP contribution >= 0.6 is 11.8 Å². The number of benzene rings is 1. The summed E-state index contributed by atoms with van der Waals surface area (Å²) in [6, 6.07) is 10.7. The Morgan fingerprint density at radius 3 is 2.86 bits per heavy atom. The molecule has 1 aliphatic heterocycles. The summed E-state index contributed by atoms with van der Waals surface area (Å²) in [6.07, 6.45) is 0. The molecule has 0 bridgehead atoms. The molecule has 1 aromatic carbocycles. The molecule has 0 aromatic heterocycles. The third-order valence-electron chi connectivity index (χ3n) is 2.03. The number of rotatable bonds is 3. The molecule has 0 radical (unpaired) electrons. The first-order valence-corrected chi connectivity index (χ1v) is 5.57. The molecule has 14 heavy (non-hydrogen) atoms. The van der Waals surface area contributed by atoms with E-state index < -0.39 is 0 Å². The van der Waals surface area contributed by atoms with Crippen LogP contribution in [0.3, 0.4) is 0 Å². The summed E-state index contributed by atoms with van der Waals surface area (Å²) in [6.45, 7) is 0.797. The SMILES string of the molecule is NC1=NCC(CSc2ccccc2)N1. The van der Waals surface area contributed by atoms with Crippen molar-refractivity contribution in [1.82, 2.24) is 5.32 Å². The Labute approximate surface area is 87.8 Å². The second kappa shape index (κ2) is 4.37. The minimum absolute atomic E-state index is 0.389. The van der Waals surface area contributed by atoms with E-state index in [2.05, 4.69) is 34.6 Å². The Balaban J connectivity index is 1.79. The van der Waals surface area contributed by atoms with E-state index in [1.54, 1.807) is 0 Å². The normalized spacial score (nSPS) is 20.3. The molecule has 3 N–H and O–H groups in total. The van der Waals surface area contributed by atoms with E-state index in [0.717, 1.165) is 12.3 Å². The summed E-state index contributed by atoms with van der Waals surface area (Å²) in [5, 5.41) is 3.13. The molecule has 3 nitrogen and oxygen atoms in total. The van der Waals surface area contributed by atoms with Crippen LogP contribution in [0.2, 0.25) is 0 Å². The van der Waals surface area contributed by atoms with E-state index in [0.29, 0.717) is 12.0 Å². The third-order valence-corrected chi connectivity index (χ3v) is 3.20. The number of nitrogens with zero attached hydrogens (tertiary/aromatic N) is 1. The Hall–Kier alpha value is -1.16. The van der Waals surface area contributed by atoms with Gasteiger partial charge in [0.15, 0.2) is 5.96 Å². The molecule has 1 aliphatic rings. The van der Waals surface area contributed by atoms with Gasteiger partial charge in [-0.1, -0.05) is 18.2 Å². The lowest BCUT2D eigenvalue weighted by molar-refractivity contribution is 0.734. The molecule has 0 amide bonds. The molecule has 0 saturated carbocycles. The molecule has 0 saturated heterocycles. The second-order valence-electron chi connectivity index (χ2n) is 3.19. The van der Waals surface area contributed by atoms with Crippen LogP contribution in [0.5, 0.6) is 0 Å². The van der Waals surface area contributed by atoms with Crippen LogP contribution < -0.4 is 11.1 Å². The number of hydrogen-bond acceptors (Lipinski definition) is 4. The minimum Gasteiger partial charge on any atom is -0.370 e. The van der Waals surface area contributed by atoms with Crippen LogP contribution in [0.15, 0.2) is 40.2 Å². The molecule has 1 atom stereocenters. The summed E-state index contributed by atoms with van der Waals surface area (Å²) in [7, 11) is 0. The highest BCUT2D eigenvalue weighted by Gasteiger charge is 2.14. The van der Waals surface area contributed by atoms with Crippen LogP contribution in [-0.4, -0.2) is 24.3 Å². The molecule has 74 valence electrons.